The molecule has 32 heavy (non-hydrogen) atoms. The van der Waals surface area contributed by atoms with Gasteiger partial charge in [0.15, 0.2) is 0 Å². The van der Waals surface area contributed by atoms with E-state index in [1.54, 1.807) is 0 Å². The van der Waals surface area contributed by atoms with E-state index in [1.807, 2.05) is 42.6 Å². The summed E-state index contributed by atoms with van der Waals surface area (Å²) in [7, 11) is 2.18. The minimum absolute atomic E-state index is 0.590. The van der Waals surface area contributed by atoms with Crippen molar-refractivity contribution >= 4 is 33.9 Å². The van der Waals surface area contributed by atoms with Gasteiger partial charge in [0.25, 0.3) is 0 Å². The van der Waals surface area contributed by atoms with Crippen molar-refractivity contribution < 1.29 is 0 Å². The predicted octanol–water partition coefficient (Wildman–Crippen LogP) is 4.68. The van der Waals surface area contributed by atoms with E-state index in [0.717, 1.165) is 59.6 Å². The quantitative estimate of drug-likeness (QED) is 0.464. The van der Waals surface area contributed by atoms with Crippen molar-refractivity contribution in [2.24, 2.45) is 0 Å². The van der Waals surface area contributed by atoms with Crippen molar-refractivity contribution in [1.29, 1.82) is 0 Å². The number of nitrogens with zero attached hydrogens (tertiary/aromatic N) is 4. The van der Waals surface area contributed by atoms with Crippen molar-refractivity contribution in [2.45, 2.75) is 6.92 Å². The molecule has 0 radical (unpaired) electrons. The van der Waals surface area contributed by atoms with Crippen molar-refractivity contribution in [3.05, 3.63) is 72.4 Å². The van der Waals surface area contributed by atoms with Crippen molar-refractivity contribution in [1.82, 2.24) is 14.9 Å². The fraction of sp³-hybridized carbons (Fsp3) is 0.231. The Bertz CT molecular complexity index is 1240. The van der Waals surface area contributed by atoms with Crippen LogP contribution in [-0.2, 0) is 0 Å². The third-order valence-corrected chi connectivity index (χ3v) is 6.13. The number of anilines is 4. The van der Waals surface area contributed by atoms with Crippen molar-refractivity contribution in [2.75, 3.05) is 49.2 Å². The summed E-state index contributed by atoms with van der Waals surface area (Å²) in [5.41, 5.74) is 13.2. The number of aryl methyl sites for hydroxylation is 1. The molecule has 1 aliphatic heterocycles. The Balaban J connectivity index is 1.42. The molecule has 0 spiro atoms. The molecule has 0 atom stereocenters. The summed E-state index contributed by atoms with van der Waals surface area (Å²) in [6.07, 6.45) is 1.87. The first-order chi connectivity index (χ1) is 15.6. The van der Waals surface area contributed by atoms with Crippen LogP contribution in [0.2, 0.25) is 0 Å². The van der Waals surface area contributed by atoms with Gasteiger partial charge in [-0.3, -0.25) is 0 Å². The average Bonchev–Trinajstić information content (AvgIpc) is 2.80. The maximum atomic E-state index is 5.86. The van der Waals surface area contributed by atoms with Gasteiger partial charge in [0.2, 0.25) is 5.95 Å². The molecule has 1 saturated heterocycles. The van der Waals surface area contributed by atoms with Crippen LogP contribution in [0.1, 0.15) is 5.56 Å². The number of nitrogens with one attached hydrogen (secondary N) is 1. The van der Waals surface area contributed by atoms with E-state index in [2.05, 4.69) is 58.3 Å². The van der Waals surface area contributed by atoms with Crippen molar-refractivity contribution in [3.63, 3.8) is 0 Å². The fourth-order valence-corrected chi connectivity index (χ4v) is 4.28. The number of benzene rings is 3. The lowest BCUT2D eigenvalue weighted by molar-refractivity contribution is 0.312. The minimum Gasteiger partial charge on any atom is -0.399 e. The second kappa shape index (κ2) is 8.48. The molecule has 5 rings (SSSR count). The third-order valence-electron chi connectivity index (χ3n) is 6.13. The third kappa shape index (κ3) is 4.09. The summed E-state index contributed by atoms with van der Waals surface area (Å²) >= 11 is 0. The molecule has 0 aliphatic carbocycles. The van der Waals surface area contributed by atoms with Gasteiger partial charge in [-0.15, -0.1) is 0 Å². The first-order valence-corrected chi connectivity index (χ1v) is 11.0. The molecule has 0 saturated carbocycles. The van der Waals surface area contributed by atoms with Crippen LogP contribution in [0, 0.1) is 6.92 Å². The van der Waals surface area contributed by atoms with Gasteiger partial charge in [-0.05, 0) is 55.4 Å². The van der Waals surface area contributed by atoms with Gasteiger partial charge in [0, 0.05) is 60.4 Å². The second-order valence-corrected chi connectivity index (χ2v) is 8.48. The zero-order chi connectivity index (χ0) is 22.1. The normalized spacial score (nSPS) is 14.6. The number of aromatic nitrogens is 2. The summed E-state index contributed by atoms with van der Waals surface area (Å²) in [6.45, 7) is 6.48. The van der Waals surface area contributed by atoms with Crippen LogP contribution in [0.3, 0.4) is 0 Å². The molecule has 0 unspecified atom stereocenters. The lowest BCUT2D eigenvalue weighted by atomic mass is 10.0. The highest BCUT2D eigenvalue weighted by atomic mass is 15.2. The molecule has 1 aromatic heterocycles. The SMILES string of the molecule is Cc1cc(Nc2ncc3cccc(-c4ccc(N)cc4)c3n2)ccc1N1CCN(C)CC1. The highest BCUT2D eigenvalue weighted by Gasteiger charge is 2.16. The molecule has 0 bridgehead atoms. The summed E-state index contributed by atoms with van der Waals surface area (Å²) in [5.74, 6) is 0.590. The van der Waals surface area contributed by atoms with E-state index in [9.17, 15) is 0 Å². The standard InChI is InChI=1S/C26H28N6/c1-18-16-22(10-11-24(18)32-14-12-31(2)13-15-32)29-26-28-17-20-4-3-5-23(25(20)30-26)19-6-8-21(27)9-7-19/h3-11,16-17H,12-15,27H2,1-2H3,(H,28,29,30). The molecule has 0 amide bonds. The number of nitrogen functional groups attached to an aromatic ring is 1. The van der Waals surface area contributed by atoms with Crippen LogP contribution < -0.4 is 16.0 Å². The minimum atomic E-state index is 0.590. The number of para-hydroxylation sites is 1. The Hall–Kier alpha value is -3.64. The summed E-state index contributed by atoms with van der Waals surface area (Å²) in [4.78, 5) is 14.2. The number of nitrogens with two attached hydrogens (primary N) is 1. The van der Waals surface area contributed by atoms with Gasteiger partial charge >= 0.3 is 0 Å². The van der Waals surface area contributed by atoms with Crippen LogP contribution in [0.5, 0.6) is 0 Å². The van der Waals surface area contributed by atoms with Gasteiger partial charge in [0.1, 0.15) is 0 Å². The lowest BCUT2D eigenvalue weighted by Crippen LogP contribution is -2.44. The number of hydrogen-bond donors (Lipinski definition) is 2. The maximum Gasteiger partial charge on any atom is 0.227 e. The fourth-order valence-electron chi connectivity index (χ4n) is 4.28. The van der Waals surface area contributed by atoms with Crippen LogP contribution in [0.4, 0.5) is 23.0 Å². The molecule has 4 aromatic rings. The molecule has 6 heteroatoms. The van der Waals surface area contributed by atoms with E-state index >= 15 is 0 Å². The van der Waals surface area contributed by atoms with Gasteiger partial charge in [-0.25, -0.2) is 9.97 Å². The Labute approximate surface area is 188 Å². The monoisotopic (exact) mass is 424 g/mol. The van der Waals surface area contributed by atoms with E-state index in [0.29, 0.717) is 5.95 Å². The van der Waals surface area contributed by atoms with Crippen LogP contribution in [-0.4, -0.2) is 48.1 Å². The number of rotatable bonds is 4. The topological polar surface area (TPSA) is 70.3 Å². The van der Waals surface area contributed by atoms with Gasteiger partial charge in [-0.1, -0.05) is 30.3 Å². The van der Waals surface area contributed by atoms with E-state index in [4.69, 9.17) is 10.7 Å². The number of piperazine rings is 1. The molecule has 6 nitrogen and oxygen atoms in total. The second-order valence-electron chi connectivity index (χ2n) is 8.48. The van der Waals surface area contributed by atoms with Gasteiger partial charge < -0.3 is 20.9 Å². The largest absolute Gasteiger partial charge is 0.399 e. The number of hydrogen-bond acceptors (Lipinski definition) is 6. The first kappa shape index (κ1) is 20.3. The maximum absolute atomic E-state index is 5.86. The average molecular weight is 425 g/mol. The molecule has 1 aliphatic rings. The van der Waals surface area contributed by atoms with Crippen LogP contribution in [0.15, 0.2) is 66.9 Å². The summed E-state index contributed by atoms with van der Waals surface area (Å²) in [6, 6.07) is 20.5. The molecule has 162 valence electrons. The Kier molecular flexibility index (Phi) is 5.37. The summed E-state index contributed by atoms with van der Waals surface area (Å²) < 4.78 is 0. The molecule has 2 heterocycles. The zero-order valence-corrected chi connectivity index (χ0v) is 18.5. The zero-order valence-electron chi connectivity index (χ0n) is 18.5. The van der Waals surface area contributed by atoms with Gasteiger partial charge in [-0.2, -0.15) is 0 Å². The lowest BCUT2D eigenvalue weighted by Gasteiger charge is -2.35. The predicted molar refractivity (Wildman–Crippen MR) is 134 cm³/mol. The number of fused-ring (bicyclic) bond motifs is 1. The Morgan fingerprint density at radius 3 is 2.47 bits per heavy atom. The summed E-state index contributed by atoms with van der Waals surface area (Å²) in [5, 5.41) is 4.40. The van der Waals surface area contributed by atoms with Crippen molar-refractivity contribution in [3.8, 4) is 11.1 Å². The molecule has 3 aromatic carbocycles. The number of likely N-dealkylation sites (N-methyl/N-ethyl adjacent to an activating group) is 1. The Morgan fingerprint density at radius 1 is 0.938 bits per heavy atom. The first-order valence-electron chi connectivity index (χ1n) is 11.0. The highest BCUT2D eigenvalue weighted by molar-refractivity contribution is 5.94. The molecule has 3 N–H and O–H groups in total. The molecular weight excluding hydrogens is 396 g/mol. The van der Waals surface area contributed by atoms with Crippen LogP contribution in [0.25, 0.3) is 22.0 Å². The van der Waals surface area contributed by atoms with E-state index in [1.165, 1.54) is 11.3 Å². The van der Waals surface area contributed by atoms with E-state index < -0.39 is 0 Å². The Morgan fingerprint density at radius 2 is 1.72 bits per heavy atom. The van der Waals surface area contributed by atoms with E-state index in [-0.39, 0.29) is 0 Å². The smallest absolute Gasteiger partial charge is 0.227 e. The highest BCUT2D eigenvalue weighted by Crippen LogP contribution is 2.30. The molecule has 1 fully saturated rings. The molecular formula is C26H28N6. The van der Waals surface area contributed by atoms with Gasteiger partial charge in [0.05, 0.1) is 5.52 Å². The van der Waals surface area contributed by atoms with Crippen LogP contribution >= 0.6 is 0 Å².